The van der Waals surface area contributed by atoms with E-state index in [1.165, 1.54) is 113 Å². The molecule has 2 aromatic carbocycles. The molecule has 346 valence electrons. The van der Waals surface area contributed by atoms with Crippen molar-refractivity contribution in [1.82, 2.24) is 19.7 Å². The third-order valence-electron chi connectivity index (χ3n) is 9.92. The third-order valence-corrected chi connectivity index (χ3v) is 9.92. The number of piperidine rings is 2. The summed E-state index contributed by atoms with van der Waals surface area (Å²) in [5.41, 5.74) is 5.51. The topological polar surface area (TPSA) is 25.9 Å². The van der Waals surface area contributed by atoms with Crippen molar-refractivity contribution in [3.63, 3.8) is 0 Å². The first-order chi connectivity index (χ1) is 28.8. The number of pyridine rings is 1. The highest BCUT2D eigenvalue weighted by Gasteiger charge is 2.31. The Morgan fingerprint density at radius 1 is 0.559 bits per heavy atom. The van der Waals surface area contributed by atoms with E-state index in [4.69, 9.17) is 0 Å². The molecule has 6 rings (SSSR count). The summed E-state index contributed by atoms with van der Waals surface area (Å²) in [6, 6.07) is 15.4. The van der Waals surface area contributed by atoms with Gasteiger partial charge in [-0.25, -0.2) is 4.39 Å². The summed E-state index contributed by atoms with van der Waals surface area (Å²) in [4.78, 5) is 15.5. The molecule has 3 saturated heterocycles. The second-order valence-electron chi connectivity index (χ2n) is 13.7. The summed E-state index contributed by atoms with van der Waals surface area (Å²) >= 11 is 0. The Bertz CT molecular complexity index is 1290. The fourth-order valence-corrected chi connectivity index (χ4v) is 6.87. The predicted octanol–water partition coefficient (Wildman–Crippen LogP) is 15.4. The normalized spacial score (nSPS) is 15.3. The van der Waals surface area contributed by atoms with Crippen LogP contribution in [0.25, 0.3) is 10.9 Å². The van der Waals surface area contributed by atoms with Crippen LogP contribution in [0.15, 0.2) is 48.7 Å². The van der Waals surface area contributed by atoms with Crippen LogP contribution in [-0.4, -0.2) is 90.7 Å². The van der Waals surface area contributed by atoms with Gasteiger partial charge in [0, 0.05) is 62.9 Å². The molecule has 0 spiro atoms. The van der Waals surface area contributed by atoms with E-state index in [1.807, 2.05) is 102 Å². The van der Waals surface area contributed by atoms with E-state index in [9.17, 15) is 4.39 Å². The average Bonchev–Trinajstić information content (AvgIpc) is 3.32. The van der Waals surface area contributed by atoms with Crippen LogP contribution in [0.4, 0.5) is 10.1 Å². The number of likely N-dealkylation sites (tertiary alicyclic amines) is 1. The maximum Gasteiger partial charge on any atom is 0.126 e. The number of aryl methyl sites for hydroxylation is 3. The Morgan fingerprint density at radius 2 is 0.983 bits per heavy atom. The number of fused-ring (bicyclic) bond motifs is 1. The number of halogens is 1. The lowest BCUT2D eigenvalue weighted by Gasteiger charge is -2.46. The Balaban J connectivity index is -0.000000447. The average molecular weight is 828 g/mol. The minimum Gasteiger partial charge on any atom is -0.371 e. The van der Waals surface area contributed by atoms with Crippen LogP contribution in [-0.2, 0) is 0 Å². The first-order valence-corrected chi connectivity index (χ1v) is 24.8. The minimum absolute atomic E-state index is 0.116. The van der Waals surface area contributed by atoms with Gasteiger partial charge in [-0.15, -0.1) is 0 Å². The third kappa shape index (κ3) is 25.1. The van der Waals surface area contributed by atoms with Crippen LogP contribution in [0.2, 0.25) is 0 Å². The molecular weight excluding hydrogens is 726 g/mol. The van der Waals surface area contributed by atoms with Crippen molar-refractivity contribution in [1.29, 1.82) is 0 Å². The van der Waals surface area contributed by atoms with Crippen molar-refractivity contribution in [2.75, 3.05) is 63.8 Å². The van der Waals surface area contributed by atoms with Crippen molar-refractivity contribution in [2.24, 2.45) is 0 Å². The molecule has 0 aliphatic carbocycles. The zero-order valence-electron chi connectivity index (χ0n) is 43.2. The summed E-state index contributed by atoms with van der Waals surface area (Å²) in [5, 5.41) is 1.31. The molecule has 0 unspecified atom stereocenters. The van der Waals surface area contributed by atoms with E-state index in [0.29, 0.717) is 5.56 Å². The maximum absolute atomic E-state index is 12.6. The SMILES string of the molecule is CC.CC.CC.CC.CC.CC.CCC.CCCC.CCN1CCC(N2CCN(C3CCN(c4c(C)cnc5ccccc45)CC3)CC2)CC1.Cc1ccc(C)c(F)c1. The van der Waals surface area contributed by atoms with Crippen molar-refractivity contribution in [3.8, 4) is 0 Å². The van der Waals surface area contributed by atoms with Gasteiger partial charge in [-0.1, -0.05) is 167 Å². The number of para-hydroxylation sites is 1. The lowest BCUT2D eigenvalue weighted by atomic mass is 9.98. The molecule has 4 heterocycles. The highest BCUT2D eigenvalue weighted by Crippen LogP contribution is 2.32. The number of hydrogen-bond acceptors (Lipinski definition) is 5. The lowest BCUT2D eigenvalue weighted by molar-refractivity contribution is 0.0384. The van der Waals surface area contributed by atoms with Gasteiger partial charge in [-0.05, 0) is 94.9 Å². The van der Waals surface area contributed by atoms with E-state index in [-0.39, 0.29) is 5.82 Å². The van der Waals surface area contributed by atoms with Gasteiger partial charge in [0.15, 0.2) is 0 Å². The molecule has 0 radical (unpaired) electrons. The number of rotatable bonds is 5. The number of benzene rings is 2. The Labute approximate surface area is 369 Å². The Hall–Kier alpha value is -2.54. The number of anilines is 1. The summed E-state index contributed by atoms with van der Waals surface area (Å²) in [6.45, 7) is 51.9. The molecule has 6 heteroatoms. The van der Waals surface area contributed by atoms with E-state index >= 15 is 0 Å². The predicted molar refractivity (Wildman–Crippen MR) is 271 cm³/mol. The van der Waals surface area contributed by atoms with Crippen LogP contribution in [0.5, 0.6) is 0 Å². The van der Waals surface area contributed by atoms with Gasteiger partial charge in [0.05, 0.1) is 11.2 Å². The molecule has 3 aromatic rings. The molecule has 0 saturated carbocycles. The van der Waals surface area contributed by atoms with Gasteiger partial charge in [-0.3, -0.25) is 14.8 Å². The van der Waals surface area contributed by atoms with Gasteiger partial charge in [0.25, 0.3) is 0 Å². The van der Waals surface area contributed by atoms with Crippen LogP contribution < -0.4 is 4.90 Å². The second kappa shape index (κ2) is 43.5. The molecule has 0 atom stereocenters. The standard InChI is InChI=1S/C26H39N5.C8H9F.C4H10.C3H8.6C2H6/c1-3-28-12-8-22(9-13-28)29-16-18-30(19-17-29)23-10-14-31(15-11-23)26-21(2)20-27-25-7-5-4-6-24(25)26;1-6-3-4-7(2)8(9)5-6;1-3-4-2;1-3-2;6*1-2/h4-7,20,22-23H,3,8-19H2,1-2H3;3-5H,1-2H3;3-4H2,1-2H3;3H2,1-2H3;6*1-2H3. The highest BCUT2D eigenvalue weighted by molar-refractivity contribution is 5.93. The van der Waals surface area contributed by atoms with Crippen LogP contribution in [0.3, 0.4) is 0 Å². The fraction of sp³-hybridized carbons (Fsp3) is 0.717. The fourth-order valence-electron chi connectivity index (χ4n) is 6.87. The summed E-state index contributed by atoms with van der Waals surface area (Å²) in [7, 11) is 0. The first-order valence-electron chi connectivity index (χ1n) is 24.8. The van der Waals surface area contributed by atoms with Gasteiger partial charge in [0.1, 0.15) is 5.82 Å². The van der Waals surface area contributed by atoms with Crippen LogP contribution in [0, 0.1) is 26.6 Å². The van der Waals surface area contributed by atoms with Gasteiger partial charge < -0.3 is 9.80 Å². The zero-order chi connectivity index (χ0) is 46.2. The molecule has 0 amide bonds. The number of piperazine rings is 1. The number of unbranched alkanes of at least 4 members (excludes halogenated alkanes) is 1. The lowest BCUT2D eigenvalue weighted by Crippen LogP contribution is -2.56. The molecule has 59 heavy (non-hydrogen) atoms. The molecule has 0 N–H and O–H groups in total. The summed E-state index contributed by atoms with van der Waals surface area (Å²) in [5.74, 6) is -0.116. The van der Waals surface area contributed by atoms with Crippen molar-refractivity contribution in [2.45, 2.75) is 196 Å². The van der Waals surface area contributed by atoms with Crippen molar-refractivity contribution < 1.29 is 4.39 Å². The number of aromatic nitrogens is 1. The molecule has 0 bridgehead atoms. The molecule has 3 fully saturated rings. The van der Waals surface area contributed by atoms with Crippen molar-refractivity contribution in [3.05, 3.63) is 71.2 Å². The van der Waals surface area contributed by atoms with Gasteiger partial charge >= 0.3 is 0 Å². The summed E-state index contributed by atoms with van der Waals surface area (Å²) < 4.78 is 12.6. The zero-order valence-corrected chi connectivity index (χ0v) is 43.2. The molecule has 1 aromatic heterocycles. The molecule has 5 nitrogen and oxygen atoms in total. The van der Waals surface area contributed by atoms with Crippen LogP contribution >= 0.6 is 0 Å². The largest absolute Gasteiger partial charge is 0.371 e. The Morgan fingerprint density at radius 3 is 1.37 bits per heavy atom. The van der Waals surface area contributed by atoms with E-state index < -0.39 is 0 Å². The highest BCUT2D eigenvalue weighted by atomic mass is 19.1. The minimum atomic E-state index is -0.116. The monoisotopic (exact) mass is 828 g/mol. The van der Waals surface area contributed by atoms with Gasteiger partial charge in [-0.2, -0.15) is 0 Å². The Kier molecular flexibility index (Phi) is 46.6. The van der Waals surface area contributed by atoms with Gasteiger partial charge in [0.2, 0.25) is 0 Å². The summed E-state index contributed by atoms with van der Waals surface area (Å²) in [6.07, 6.45) is 11.2. The second-order valence-corrected chi connectivity index (χ2v) is 13.7. The van der Waals surface area contributed by atoms with Crippen molar-refractivity contribution >= 4 is 16.6 Å². The molecule has 3 aliphatic heterocycles. The quantitative estimate of drug-likeness (QED) is 0.255. The van der Waals surface area contributed by atoms with E-state index in [0.717, 1.165) is 36.3 Å². The first kappa shape index (κ1) is 63.1. The van der Waals surface area contributed by atoms with E-state index in [1.54, 1.807) is 13.0 Å². The van der Waals surface area contributed by atoms with E-state index in [2.05, 4.69) is 90.4 Å². The smallest absolute Gasteiger partial charge is 0.126 e. The number of hydrogen-bond donors (Lipinski definition) is 0. The van der Waals surface area contributed by atoms with Crippen LogP contribution in [0.1, 0.15) is 179 Å². The maximum atomic E-state index is 12.6. The molecular formula is C53H102FN5. The number of nitrogens with zero attached hydrogens (tertiary/aromatic N) is 5. The molecule has 3 aliphatic rings.